The summed E-state index contributed by atoms with van der Waals surface area (Å²) in [5, 5.41) is 12.5. The molecule has 0 radical (unpaired) electrons. The number of phenols is 1. The number of hydrogen-bond acceptors (Lipinski definition) is 4. The van der Waals surface area contributed by atoms with E-state index in [4.69, 9.17) is 27.9 Å². The van der Waals surface area contributed by atoms with Crippen LogP contribution < -0.4 is 10.1 Å². The Morgan fingerprint density at radius 1 is 0.964 bits per heavy atom. The van der Waals surface area contributed by atoms with Gasteiger partial charge in [0.15, 0.2) is 12.4 Å². The number of anilines is 1. The Morgan fingerprint density at radius 2 is 1.71 bits per heavy atom. The van der Waals surface area contributed by atoms with Gasteiger partial charge in [-0.25, -0.2) is 0 Å². The number of rotatable bonds is 6. The average Bonchev–Trinajstić information content (AvgIpc) is 2.69. The van der Waals surface area contributed by atoms with Gasteiger partial charge < -0.3 is 15.2 Å². The molecule has 3 aromatic rings. The molecule has 28 heavy (non-hydrogen) atoms. The maximum Gasteiger partial charge on any atom is 0.262 e. The molecule has 0 bridgehead atoms. The van der Waals surface area contributed by atoms with Gasteiger partial charge in [0.2, 0.25) is 0 Å². The molecule has 0 aliphatic rings. The number of halogens is 2. The van der Waals surface area contributed by atoms with Crippen LogP contribution in [0.15, 0.2) is 66.7 Å². The third-order valence-corrected chi connectivity index (χ3v) is 4.36. The minimum absolute atomic E-state index is 0.00974. The molecule has 0 aliphatic carbocycles. The highest BCUT2D eigenvalue weighted by Gasteiger charge is 2.16. The fourth-order valence-corrected chi connectivity index (χ4v) is 2.88. The zero-order chi connectivity index (χ0) is 20.1. The highest BCUT2D eigenvalue weighted by molar-refractivity contribution is 6.34. The first-order valence-corrected chi connectivity index (χ1v) is 9.00. The Kier molecular flexibility index (Phi) is 6.19. The van der Waals surface area contributed by atoms with Crippen molar-refractivity contribution in [1.29, 1.82) is 0 Å². The first-order chi connectivity index (χ1) is 13.4. The minimum Gasteiger partial charge on any atom is -0.508 e. The van der Waals surface area contributed by atoms with Crippen LogP contribution >= 0.6 is 23.2 Å². The molecule has 0 fully saturated rings. The Hall–Kier alpha value is -3.02. The van der Waals surface area contributed by atoms with Gasteiger partial charge in [0, 0.05) is 16.7 Å². The summed E-state index contributed by atoms with van der Waals surface area (Å²) in [4.78, 5) is 24.9. The molecule has 0 aromatic heterocycles. The number of carbonyl (C=O) groups is 2. The lowest BCUT2D eigenvalue weighted by Gasteiger charge is -2.12. The number of hydrogen-bond donors (Lipinski definition) is 2. The van der Waals surface area contributed by atoms with Gasteiger partial charge in [-0.15, -0.1) is 0 Å². The third kappa shape index (κ3) is 4.82. The summed E-state index contributed by atoms with van der Waals surface area (Å²) in [6.45, 7) is -0.339. The predicted molar refractivity (Wildman–Crippen MR) is 109 cm³/mol. The maximum absolute atomic E-state index is 12.8. The Balaban J connectivity index is 1.74. The number of amides is 1. The van der Waals surface area contributed by atoms with Gasteiger partial charge in [-0.2, -0.15) is 0 Å². The second-order valence-corrected chi connectivity index (χ2v) is 6.68. The number of benzene rings is 3. The fourth-order valence-electron chi connectivity index (χ4n) is 2.49. The van der Waals surface area contributed by atoms with Crippen molar-refractivity contribution in [2.75, 3.05) is 11.9 Å². The molecule has 0 unspecified atom stereocenters. The summed E-state index contributed by atoms with van der Waals surface area (Å²) in [5.41, 5.74) is 1.08. The molecule has 1 amide bonds. The smallest absolute Gasteiger partial charge is 0.262 e. The molecule has 3 aromatic carbocycles. The zero-order valence-corrected chi connectivity index (χ0v) is 16.0. The number of phenolic OH excluding ortho intramolecular Hbond substituents is 1. The lowest BCUT2D eigenvalue weighted by atomic mass is 10.0. The Labute approximate surface area is 171 Å². The quantitative estimate of drug-likeness (QED) is 0.441. The molecule has 0 heterocycles. The fraction of sp³-hybridized carbons (Fsp3) is 0.0476. The molecule has 142 valence electrons. The normalized spacial score (nSPS) is 10.4. The van der Waals surface area contributed by atoms with Crippen LogP contribution in [0.4, 0.5) is 5.69 Å². The SMILES string of the molecule is O=C(COc1ccc(Cl)cc1C(=O)c1ccccc1)Nc1ccc(O)cc1Cl. The highest BCUT2D eigenvalue weighted by Crippen LogP contribution is 2.27. The summed E-state index contributed by atoms with van der Waals surface area (Å²) in [6.07, 6.45) is 0. The van der Waals surface area contributed by atoms with E-state index in [1.165, 1.54) is 24.3 Å². The first kappa shape index (κ1) is 19.7. The van der Waals surface area contributed by atoms with Gasteiger partial charge in [0.1, 0.15) is 11.5 Å². The highest BCUT2D eigenvalue weighted by atomic mass is 35.5. The summed E-state index contributed by atoms with van der Waals surface area (Å²) >= 11 is 12.0. The summed E-state index contributed by atoms with van der Waals surface area (Å²) in [7, 11) is 0. The van der Waals surface area contributed by atoms with Crippen molar-refractivity contribution in [3.05, 3.63) is 87.9 Å². The van der Waals surface area contributed by atoms with E-state index in [1.54, 1.807) is 36.4 Å². The van der Waals surface area contributed by atoms with Crippen LogP contribution in [0.5, 0.6) is 11.5 Å². The van der Waals surface area contributed by atoms with Crippen LogP contribution in [-0.2, 0) is 4.79 Å². The number of ketones is 1. The van der Waals surface area contributed by atoms with Crippen molar-refractivity contribution in [3.63, 3.8) is 0 Å². The monoisotopic (exact) mass is 415 g/mol. The standard InChI is InChI=1S/C21H15Cl2NO4/c22-14-6-9-19(16(10-14)21(27)13-4-2-1-3-5-13)28-12-20(26)24-18-8-7-15(25)11-17(18)23/h1-11,25H,12H2,(H,24,26). The zero-order valence-electron chi connectivity index (χ0n) is 14.5. The van der Waals surface area contributed by atoms with Crippen molar-refractivity contribution in [2.45, 2.75) is 0 Å². The van der Waals surface area contributed by atoms with E-state index in [1.807, 2.05) is 6.07 Å². The van der Waals surface area contributed by atoms with E-state index in [0.717, 1.165) is 0 Å². The summed E-state index contributed by atoms with van der Waals surface area (Å²) in [5.74, 6) is -0.504. The van der Waals surface area contributed by atoms with Crippen molar-refractivity contribution in [2.24, 2.45) is 0 Å². The third-order valence-electron chi connectivity index (χ3n) is 3.81. The van der Waals surface area contributed by atoms with Crippen LogP contribution in [0.1, 0.15) is 15.9 Å². The van der Waals surface area contributed by atoms with Crippen molar-refractivity contribution < 1.29 is 19.4 Å². The largest absolute Gasteiger partial charge is 0.508 e. The van der Waals surface area contributed by atoms with Gasteiger partial charge in [-0.3, -0.25) is 9.59 Å². The topological polar surface area (TPSA) is 75.6 Å². The second-order valence-electron chi connectivity index (χ2n) is 5.84. The molecular weight excluding hydrogens is 401 g/mol. The van der Waals surface area contributed by atoms with Gasteiger partial charge in [-0.05, 0) is 30.3 Å². The molecule has 3 rings (SSSR count). The van der Waals surface area contributed by atoms with Gasteiger partial charge in [0.05, 0.1) is 16.3 Å². The number of nitrogens with one attached hydrogen (secondary N) is 1. The van der Waals surface area contributed by atoms with Gasteiger partial charge in [0.25, 0.3) is 5.91 Å². The lowest BCUT2D eigenvalue weighted by molar-refractivity contribution is -0.118. The van der Waals surface area contributed by atoms with E-state index < -0.39 is 5.91 Å². The van der Waals surface area contributed by atoms with Crippen LogP contribution in [0.3, 0.4) is 0 Å². The Bertz CT molecular complexity index is 1020. The van der Waals surface area contributed by atoms with E-state index in [-0.39, 0.29) is 34.5 Å². The first-order valence-electron chi connectivity index (χ1n) is 8.24. The molecule has 5 nitrogen and oxygen atoms in total. The molecular formula is C21H15Cl2NO4. The van der Waals surface area contributed by atoms with E-state index in [9.17, 15) is 14.7 Å². The molecule has 7 heteroatoms. The van der Waals surface area contributed by atoms with Gasteiger partial charge in [-0.1, -0.05) is 53.5 Å². The van der Waals surface area contributed by atoms with Crippen LogP contribution in [0, 0.1) is 0 Å². The molecule has 0 spiro atoms. The molecule has 0 aliphatic heterocycles. The van der Waals surface area contributed by atoms with Crippen LogP contribution in [0.2, 0.25) is 10.0 Å². The van der Waals surface area contributed by atoms with Crippen LogP contribution in [0.25, 0.3) is 0 Å². The maximum atomic E-state index is 12.8. The number of ether oxygens (including phenoxy) is 1. The molecule has 0 saturated heterocycles. The lowest BCUT2D eigenvalue weighted by Crippen LogP contribution is -2.21. The van der Waals surface area contributed by atoms with Crippen molar-refractivity contribution in [3.8, 4) is 11.5 Å². The van der Waals surface area contributed by atoms with Crippen molar-refractivity contribution in [1.82, 2.24) is 0 Å². The minimum atomic E-state index is -0.472. The summed E-state index contributed by atoms with van der Waals surface area (Å²) < 4.78 is 5.55. The van der Waals surface area contributed by atoms with Gasteiger partial charge >= 0.3 is 0 Å². The average molecular weight is 416 g/mol. The molecule has 0 atom stereocenters. The second kappa shape index (κ2) is 8.78. The number of aromatic hydroxyl groups is 1. The molecule has 0 saturated carbocycles. The van der Waals surface area contributed by atoms with Crippen LogP contribution in [-0.4, -0.2) is 23.4 Å². The van der Waals surface area contributed by atoms with E-state index in [2.05, 4.69) is 5.32 Å². The van der Waals surface area contributed by atoms with E-state index >= 15 is 0 Å². The predicted octanol–water partition coefficient (Wildman–Crippen LogP) is 4.95. The summed E-state index contributed by atoms with van der Waals surface area (Å²) in [6, 6.07) is 17.5. The molecule has 2 N–H and O–H groups in total. The van der Waals surface area contributed by atoms with Crippen molar-refractivity contribution >= 4 is 40.6 Å². The number of carbonyl (C=O) groups excluding carboxylic acids is 2. The van der Waals surface area contributed by atoms with E-state index in [0.29, 0.717) is 16.3 Å². The Morgan fingerprint density at radius 3 is 2.43 bits per heavy atom.